The minimum atomic E-state index is -0.553. The van der Waals surface area contributed by atoms with E-state index in [0.29, 0.717) is 17.9 Å². The SMILES string of the molecule is Cc1ccc(CCC(=O)c2ccc(Cl)cc2F)cc1C. The van der Waals surface area contributed by atoms with Gasteiger partial charge in [-0.25, -0.2) is 4.39 Å². The minimum Gasteiger partial charge on any atom is -0.294 e. The number of rotatable bonds is 4. The maximum Gasteiger partial charge on any atom is 0.166 e. The van der Waals surface area contributed by atoms with Gasteiger partial charge in [-0.1, -0.05) is 29.8 Å². The van der Waals surface area contributed by atoms with Crippen molar-refractivity contribution in [1.29, 1.82) is 0 Å². The molecule has 2 aromatic carbocycles. The number of ketones is 1. The van der Waals surface area contributed by atoms with Gasteiger partial charge in [0.1, 0.15) is 5.82 Å². The van der Waals surface area contributed by atoms with Crippen LogP contribution < -0.4 is 0 Å². The van der Waals surface area contributed by atoms with Crippen LogP contribution in [0.4, 0.5) is 4.39 Å². The largest absolute Gasteiger partial charge is 0.294 e. The van der Waals surface area contributed by atoms with Crippen molar-refractivity contribution in [3.05, 3.63) is 69.5 Å². The molecule has 2 aromatic rings. The van der Waals surface area contributed by atoms with Crippen LogP contribution in [0.5, 0.6) is 0 Å². The Kier molecular flexibility index (Phi) is 4.56. The van der Waals surface area contributed by atoms with E-state index in [1.165, 1.54) is 29.3 Å². The molecule has 0 atom stereocenters. The van der Waals surface area contributed by atoms with Crippen LogP contribution >= 0.6 is 11.6 Å². The summed E-state index contributed by atoms with van der Waals surface area (Å²) in [6.07, 6.45) is 0.906. The predicted octanol–water partition coefficient (Wildman–Crippen LogP) is 4.91. The number of halogens is 2. The molecule has 104 valence electrons. The summed E-state index contributed by atoms with van der Waals surface area (Å²) >= 11 is 5.68. The molecule has 1 nitrogen and oxygen atoms in total. The van der Waals surface area contributed by atoms with Gasteiger partial charge in [0.15, 0.2) is 5.78 Å². The molecule has 0 fully saturated rings. The van der Waals surface area contributed by atoms with Crippen LogP contribution in [-0.4, -0.2) is 5.78 Å². The van der Waals surface area contributed by atoms with Crippen LogP contribution in [0.3, 0.4) is 0 Å². The van der Waals surface area contributed by atoms with Crippen LogP contribution in [0.1, 0.15) is 33.5 Å². The fourth-order valence-corrected chi connectivity index (χ4v) is 2.23. The lowest BCUT2D eigenvalue weighted by Gasteiger charge is -2.06. The lowest BCUT2D eigenvalue weighted by atomic mass is 9.99. The molecule has 0 spiro atoms. The van der Waals surface area contributed by atoms with Crippen molar-refractivity contribution >= 4 is 17.4 Å². The molecule has 0 unspecified atom stereocenters. The van der Waals surface area contributed by atoms with E-state index in [0.717, 1.165) is 5.56 Å². The summed E-state index contributed by atoms with van der Waals surface area (Å²) in [5, 5.41) is 0.299. The van der Waals surface area contributed by atoms with Gasteiger partial charge in [0.05, 0.1) is 5.56 Å². The smallest absolute Gasteiger partial charge is 0.166 e. The zero-order valence-electron chi connectivity index (χ0n) is 11.5. The first kappa shape index (κ1) is 14.7. The van der Waals surface area contributed by atoms with Gasteiger partial charge in [-0.05, 0) is 55.2 Å². The van der Waals surface area contributed by atoms with Crippen molar-refractivity contribution in [1.82, 2.24) is 0 Å². The molecule has 2 rings (SSSR count). The molecule has 0 N–H and O–H groups in total. The molecule has 0 aliphatic heterocycles. The molecule has 0 aliphatic carbocycles. The number of Topliss-reactive ketones (excluding diaryl/α,β-unsaturated/α-hetero) is 1. The van der Waals surface area contributed by atoms with Crippen molar-refractivity contribution in [2.24, 2.45) is 0 Å². The van der Waals surface area contributed by atoms with E-state index in [-0.39, 0.29) is 11.3 Å². The summed E-state index contributed by atoms with van der Waals surface area (Å²) < 4.78 is 13.6. The van der Waals surface area contributed by atoms with Crippen molar-refractivity contribution in [2.45, 2.75) is 26.7 Å². The van der Waals surface area contributed by atoms with Crippen molar-refractivity contribution in [3.63, 3.8) is 0 Å². The molecular formula is C17H16ClFO. The van der Waals surface area contributed by atoms with E-state index in [4.69, 9.17) is 11.6 Å². The maximum atomic E-state index is 13.6. The molecule has 0 radical (unpaired) electrons. The van der Waals surface area contributed by atoms with E-state index in [9.17, 15) is 9.18 Å². The van der Waals surface area contributed by atoms with Gasteiger partial charge in [-0.15, -0.1) is 0 Å². The van der Waals surface area contributed by atoms with Gasteiger partial charge in [-0.3, -0.25) is 4.79 Å². The number of benzene rings is 2. The third-order valence-corrected chi connectivity index (χ3v) is 3.68. The number of carbonyl (C=O) groups is 1. The van der Waals surface area contributed by atoms with Crippen LogP contribution in [0, 0.1) is 19.7 Å². The third kappa shape index (κ3) is 3.45. The van der Waals surface area contributed by atoms with Crippen molar-refractivity contribution in [2.75, 3.05) is 0 Å². The summed E-state index contributed by atoms with van der Waals surface area (Å²) in [7, 11) is 0. The summed E-state index contributed by atoms with van der Waals surface area (Å²) in [6, 6.07) is 10.3. The Morgan fingerprint density at radius 1 is 1.10 bits per heavy atom. The Bertz CT molecular complexity index is 649. The van der Waals surface area contributed by atoms with Crippen LogP contribution in [0.2, 0.25) is 5.02 Å². The van der Waals surface area contributed by atoms with E-state index in [2.05, 4.69) is 6.07 Å². The summed E-state index contributed by atoms with van der Waals surface area (Å²) in [6.45, 7) is 4.09. The van der Waals surface area contributed by atoms with Gasteiger partial charge in [-0.2, -0.15) is 0 Å². The summed E-state index contributed by atoms with van der Waals surface area (Å²) in [4.78, 5) is 12.0. The highest BCUT2D eigenvalue weighted by atomic mass is 35.5. The molecule has 0 saturated carbocycles. The van der Waals surface area contributed by atoms with Crippen LogP contribution in [0.15, 0.2) is 36.4 Å². The van der Waals surface area contributed by atoms with Crippen LogP contribution in [-0.2, 0) is 6.42 Å². The quantitative estimate of drug-likeness (QED) is 0.731. The zero-order valence-corrected chi connectivity index (χ0v) is 12.3. The third-order valence-electron chi connectivity index (χ3n) is 3.44. The molecule has 20 heavy (non-hydrogen) atoms. The minimum absolute atomic E-state index is 0.109. The second-order valence-electron chi connectivity index (χ2n) is 4.97. The monoisotopic (exact) mass is 290 g/mol. The summed E-state index contributed by atoms with van der Waals surface area (Å²) in [5.74, 6) is -0.750. The number of carbonyl (C=O) groups excluding carboxylic acids is 1. The van der Waals surface area contributed by atoms with E-state index >= 15 is 0 Å². The average Bonchev–Trinajstić information content (AvgIpc) is 2.40. The second kappa shape index (κ2) is 6.19. The lowest BCUT2D eigenvalue weighted by molar-refractivity contribution is 0.0979. The summed E-state index contributed by atoms with van der Waals surface area (Å²) in [5.41, 5.74) is 3.63. The Morgan fingerprint density at radius 2 is 1.85 bits per heavy atom. The molecule has 0 aliphatic rings. The fraction of sp³-hybridized carbons (Fsp3) is 0.235. The van der Waals surface area contributed by atoms with Crippen molar-refractivity contribution in [3.8, 4) is 0 Å². The average molecular weight is 291 g/mol. The van der Waals surface area contributed by atoms with E-state index in [1.807, 2.05) is 26.0 Å². The number of aryl methyl sites for hydroxylation is 3. The molecule has 0 heterocycles. The Hall–Kier alpha value is -1.67. The van der Waals surface area contributed by atoms with Gasteiger partial charge in [0, 0.05) is 11.4 Å². The maximum absolute atomic E-state index is 13.6. The second-order valence-corrected chi connectivity index (χ2v) is 5.40. The van der Waals surface area contributed by atoms with Crippen molar-refractivity contribution < 1.29 is 9.18 Å². The standard InChI is InChI=1S/C17H16ClFO/c1-11-3-4-13(9-12(11)2)5-8-17(20)15-7-6-14(18)10-16(15)19/h3-4,6-7,9-10H,5,8H2,1-2H3. The fourth-order valence-electron chi connectivity index (χ4n) is 2.07. The zero-order chi connectivity index (χ0) is 14.7. The molecule has 0 saturated heterocycles. The highest BCUT2D eigenvalue weighted by Gasteiger charge is 2.12. The predicted molar refractivity (Wildman–Crippen MR) is 80.0 cm³/mol. The topological polar surface area (TPSA) is 17.1 Å². The van der Waals surface area contributed by atoms with E-state index in [1.54, 1.807) is 0 Å². The Balaban J connectivity index is 2.06. The first-order valence-electron chi connectivity index (χ1n) is 6.52. The molecule has 0 bridgehead atoms. The molecular weight excluding hydrogens is 275 g/mol. The Morgan fingerprint density at radius 3 is 2.50 bits per heavy atom. The highest BCUT2D eigenvalue weighted by molar-refractivity contribution is 6.30. The van der Waals surface area contributed by atoms with Crippen LogP contribution in [0.25, 0.3) is 0 Å². The highest BCUT2D eigenvalue weighted by Crippen LogP contribution is 2.18. The number of hydrogen-bond acceptors (Lipinski definition) is 1. The van der Waals surface area contributed by atoms with Gasteiger partial charge in [0.25, 0.3) is 0 Å². The van der Waals surface area contributed by atoms with Gasteiger partial charge in [0.2, 0.25) is 0 Å². The lowest BCUT2D eigenvalue weighted by Crippen LogP contribution is -2.04. The normalized spacial score (nSPS) is 10.6. The van der Waals surface area contributed by atoms with Gasteiger partial charge >= 0.3 is 0 Å². The molecule has 0 aromatic heterocycles. The van der Waals surface area contributed by atoms with Gasteiger partial charge < -0.3 is 0 Å². The number of hydrogen-bond donors (Lipinski definition) is 0. The van der Waals surface area contributed by atoms with E-state index < -0.39 is 5.82 Å². The first-order chi connectivity index (χ1) is 9.47. The Labute approximate surface area is 123 Å². The molecule has 3 heteroatoms. The first-order valence-corrected chi connectivity index (χ1v) is 6.89. The molecule has 0 amide bonds.